The van der Waals surface area contributed by atoms with E-state index < -0.39 is 0 Å². The highest BCUT2D eigenvalue weighted by Gasteiger charge is 2.30. The second kappa shape index (κ2) is 8.26. The summed E-state index contributed by atoms with van der Waals surface area (Å²) >= 11 is 0. The summed E-state index contributed by atoms with van der Waals surface area (Å²) in [5, 5.41) is 10.3. The minimum Gasteiger partial charge on any atom is -0.331 e. The number of carbonyl (C=O) groups excluding carboxylic acids is 1. The number of likely N-dealkylation sites (tertiary alicyclic amines) is 1. The molecule has 2 N–H and O–H groups in total. The summed E-state index contributed by atoms with van der Waals surface area (Å²) in [7, 11) is 0. The second-order valence-corrected chi connectivity index (χ2v) is 7.22. The Labute approximate surface area is 169 Å². The van der Waals surface area contributed by atoms with E-state index in [4.69, 9.17) is 0 Å². The number of aromatic amines is 1. The van der Waals surface area contributed by atoms with Crippen molar-refractivity contribution in [2.24, 2.45) is 0 Å². The van der Waals surface area contributed by atoms with Gasteiger partial charge in [-0.25, -0.2) is 9.97 Å². The molecule has 1 aromatic carbocycles. The molecule has 0 aliphatic carbocycles. The Morgan fingerprint density at radius 1 is 1.17 bits per heavy atom. The fourth-order valence-electron chi connectivity index (χ4n) is 3.60. The Kier molecular flexibility index (Phi) is 5.37. The summed E-state index contributed by atoms with van der Waals surface area (Å²) < 4.78 is 0. The average molecular weight is 388 g/mol. The number of amides is 1. The van der Waals surface area contributed by atoms with Crippen molar-refractivity contribution in [3.63, 3.8) is 0 Å². The molecule has 0 saturated carbocycles. The number of nitrogens with zero attached hydrogens (tertiary/aromatic N) is 4. The van der Waals surface area contributed by atoms with Crippen molar-refractivity contribution in [3.05, 3.63) is 71.3 Å². The molecule has 29 heavy (non-hydrogen) atoms. The van der Waals surface area contributed by atoms with Gasteiger partial charge in [0.25, 0.3) is 0 Å². The Morgan fingerprint density at radius 3 is 2.76 bits per heavy atom. The fourth-order valence-corrected chi connectivity index (χ4v) is 3.60. The van der Waals surface area contributed by atoms with Gasteiger partial charge in [0.15, 0.2) is 5.82 Å². The molecule has 2 aromatic heterocycles. The molecule has 1 aliphatic rings. The maximum absolute atomic E-state index is 12.8. The molecule has 1 amide bonds. The van der Waals surface area contributed by atoms with Gasteiger partial charge < -0.3 is 10.2 Å². The molecule has 1 fully saturated rings. The van der Waals surface area contributed by atoms with Crippen LogP contribution in [0.2, 0.25) is 0 Å². The van der Waals surface area contributed by atoms with Crippen LogP contribution in [0.15, 0.2) is 48.5 Å². The van der Waals surface area contributed by atoms with Crippen LogP contribution in [-0.4, -0.2) is 37.5 Å². The van der Waals surface area contributed by atoms with Crippen molar-refractivity contribution < 1.29 is 4.79 Å². The van der Waals surface area contributed by atoms with Gasteiger partial charge in [-0.3, -0.25) is 9.89 Å². The van der Waals surface area contributed by atoms with Crippen molar-refractivity contribution in [1.82, 2.24) is 25.1 Å². The molecule has 0 bridgehead atoms. The molecule has 0 radical (unpaired) electrons. The molecular weight excluding hydrogens is 364 g/mol. The molecular formula is C22H24N6O. The van der Waals surface area contributed by atoms with Crippen LogP contribution < -0.4 is 5.32 Å². The highest BCUT2D eigenvalue weighted by molar-refractivity contribution is 5.92. The van der Waals surface area contributed by atoms with Gasteiger partial charge in [0.2, 0.25) is 5.91 Å². The summed E-state index contributed by atoms with van der Waals surface area (Å²) in [5.74, 6) is 2.05. The first kappa shape index (κ1) is 18.9. The number of anilines is 2. The molecule has 3 heterocycles. The quantitative estimate of drug-likeness (QED) is 0.647. The average Bonchev–Trinajstić information content (AvgIpc) is 3.36. The van der Waals surface area contributed by atoms with E-state index in [1.807, 2.05) is 67.3 Å². The summed E-state index contributed by atoms with van der Waals surface area (Å²) in [5.41, 5.74) is 2.83. The number of aryl methyl sites for hydroxylation is 2. The van der Waals surface area contributed by atoms with Gasteiger partial charge in [-0.05, 0) is 38.3 Å². The lowest BCUT2D eigenvalue weighted by Crippen LogP contribution is -2.29. The van der Waals surface area contributed by atoms with Crippen molar-refractivity contribution >= 4 is 23.6 Å². The second-order valence-electron chi connectivity index (χ2n) is 7.22. The number of aromatic nitrogens is 4. The monoisotopic (exact) mass is 388 g/mol. The Hall–Kier alpha value is -3.48. The van der Waals surface area contributed by atoms with Crippen LogP contribution in [0.5, 0.6) is 0 Å². The molecule has 148 valence electrons. The van der Waals surface area contributed by atoms with Crippen LogP contribution in [0.1, 0.15) is 41.7 Å². The number of nitrogens with one attached hydrogen (secondary N) is 2. The van der Waals surface area contributed by atoms with Crippen LogP contribution >= 0.6 is 0 Å². The Balaban J connectivity index is 1.53. The van der Waals surface area contributed by atoms with E-state index in [0.717, 1.165) is 36.3 Å². The first-order valence-corrected chi connectivity index (χ1v) is 9.77. The number of H-pyrrole nitrogens is 1. The van der Waals surface area contributed by atoms with E-state index in [-0.39, 0.29) is 11.9 Å². The molecule has 7 nitrogen and oxygen atoms in total. The highest BCUT2D eigenvalue weighted by atomic mass is 16.2. The van der Waals surface area contributed by atoms with Crippen LogP contribution in [0.4, 0.5) is 11.6 Å². The van der Waals surface area contributed by atoms with E-state index in [1.165, 1.54) is 0 Å². The van der Waals surface area contributed by atoms with Crippen molar-refractivity contribution in [1.29, 1.82) is 0 Å². The molecule has 0 spiro atoms. The summed E-state index contributed by atoms with van der Waals surface area (Å²) in [6.45, 7) is 4.54. The lowest BCUT2D eigenvalue weighted by atomic mass is 10.1. The summed E-state index contributed by atoms with van der Waals surface area (Å²) in [6, 6.07) is 13.6. The van der Waals surface area contributed by atoms with E-state index >= 15 is 0 Å². The van der Waals surface area contributed by atoms with Crippen LogP contribution in [-0.2, 0) is 4.79 Å². The Morgan fingerprint density at radius 2 is 2.00 bits per heavy atom. The standard InChI is InChI=1S/C22H24N6O/c1-15-13-21(27-26-15)25-20-14-18(23-16(2)24-20)19-9-6-12-28(19)22(29)11-10-17-7-4-3-5-8-17/h3-5,7-8,10-11,13-14,19H,6,9,12H2,1-2H3,(H2,23,24,25,26,27)/b11-10+/t19-/m1/s1. The third-order valence-corrected chi connectivity index (χ3v) is 4.92. The van der Waals surface area contributed by atoms with E-state index in [9.17, 15) is 4.79 Å². The topological polar surface area (TPSA) is 86.8 Å². The zero-order chi connectivity index (χ0) is 20.2. The third kappa shape index (κ3) is 4.51. The predicted molar refractivity (Wildman–Crippen MR) is 113 cm³/mol. The van der Waals surface area contributed by atoms with Crippen molar-refractivity contribution in [3.8, 4) is 0 Å². The number of carbonyl (C=O) groups is 1. The van der Waals surface area contributed by atoms with E-state index in [1.54, 1.807) is 6.08 Å². The van der Waals surface area contributed by atoms with E-state index in [0.29, 0.717) is 17.5 Å². The zero-order valence-corrected chi connectivity index (χ0v) is 16.6. The normalized spacial score (nSPS) is 16.5. The summed E-state index contributed by atoms with van der Waals surface area (Å²) in [6.07, 6.45) is 5.35. The van der Waals surface area contributed by atoms with Gasteiger partial charge in [-0.1, -0.05) is 30.3 Å². The highest BCUT2D eigenvalue weighted by Crippen LogP contribution is 2.32. The van der Waals surface area contributed by atoms with Crippen molar-refractivity contribution in [2.45, 2.75) is 32.7 Å². The predicted octanol–water partition coefficient (Wildman–Crippen LogP) is 3.94. The molecule has 4 rings (SSSR count). The fraction of sp³-hybridized carbons (Fsp3) is 0.273. The van der Waals surface area contributed by atoms with Crippen LogP contribution in [0, 0.1) is 13.8 Å². The van der Waals surface area contributed by atoms with Gasteiger partial charge in [0.1, 0.15) is 11.6 Å². The van der Waals surface area contributed by atoms with Gasteiger partial charge in [0, 0.05) is 30.4 Å². The minimum atomic E-state index is -0.0499. The number of hydrogen-bond acceptors (Lipinski definition) is 5. The largest absolute Gasteiger partial charge is 0.331 e. The van der Waals surface area contributed by atoms with Crippen molar-refractivity contribution in [2.75, 3.05) is 11.9 Å². The third-order valence-electron chi connectivity index (χ3n) is 4.92. The molecule has 0 unspecified atom stereocenters. The lowest BCUT2D eigenvalue weighted by molar-refractivity contribution is -0.126. The summed E-state index contributed by atoms with van der Waals surface area (Å²) in [4.78, 5) is 23.8. The minimum absolute atomic E-state index is 0.00468. The van der Waals surface area contributed by atoms with E-state index in [2.05, 4.69) is 25.5 Å². The van der Waals surface area contributed by atoms with Crippen LogP contribution in [0.3, 0.4) is 0 Å². The molecule has 1 saturated heterocycles. The van der Waals surface area contributed by atoms with Gasteiger partial charge in [0.05, 0.1) is 11.7 Å². The number of hydrogen-bond donors (Lipinski definition) is 2. The molecule has 7 heteroatoms. The maximum atomic E-state index is 12.8. The zero-order valence-electron chi connectivity index (χ0n) is 16.6. The number of rotatable bonds is 5. The Bertz CT molecular complexity index is 1030. The van der Waals surface area contributed by atoms with Crippen LogP contribution in [0.25, 0.3) is 6.08 Å². The SMILES string of the molecule is Cc1nc(Nc2cc(C)[nH]n2)cc([C@H]2CCCN2C(=O)/C=C/c2ccccc2)n1. The van der Waals surface area contributed by atoms with Gasteiger partial charge in [-0.2, -0.15) is 5.10 Å². The lowest BCUT2D eigenvalue weighted by Gasteiger charge is -2.23. The van der Waals surface area contributed by atoms with Gasteiger partial charge in [-0.15, -0.1) is 0 Å². The van der Waals surface area contributed by atoms with Gasteiger partial charge >= 0.3 is 0 Å². The molecule has 3 aromatic rings. The first-order valence-electron chi connectivity index (χ1n) is 9.77. The molecule has 1 atom stereocenters. The smallest absolute Gasteiger partial charge is 0.247 e. The first-order chi connectivity index (χ1) is 14.1. The molecule has 1 aliphatic heterocycles. The number of benzene rings is 1. The maximum Gasteiger partial charge on any atom is 0.247 e.